The van der Waals surface area contributed by atoms with Crippen molar-refractivity contribution >= 4 is 6.03 Å². The van der Waals surface area contributed by atoms with Crippen LogP contribution in [0, 0.1) is 5.92 Å². The van der Waals surface area contributed by atoms with E-state index in [0.717, 1.165) is 18.8 Å². The number of urea groups is 1. The maximum atomic E-state index is 11.7. The molecule has 0 radical (unpaired) electrons. The fourth-order valence-electron chi connectivity index (χ4n) is 2.16. The number of amides is 2. The van der Waals surface area contributed by atoms with Gasteiger partial charge in [0.2, 0.25) is 0 Å². The van der Waals surface area contributed by atoms with E-state index in [1.165, 1.54) is 12.8 Å². The van der Waals surface area contributed by atoms with Crippen molar-refractivity contribution in [2.45, 2.75) is 64.6 Å². The molecule has 1 saturated carbocycles. The molecule has 100 valence electrons. The second-order valence-corrected chi connectivity index (χ2v) is 5.30. The van der Waals surface area contributed by atoms with Gasteiger partial charge in [-0.3, -0.25) is 0 Å². The van der Waals surface area contributed by atoms with Crippen LogP contribution in [0.3, 0.4) is 0 Å². The third-order valence-electron chi connectivity index (χ3n) is 3.79. The predicted octanol–water partition coefficient (Wildman–Crippen LogP) is 2.29. The highest BCUT2D eigenvalue weighted by molar-refractivity contribution is 5.74. The minimum Gasteiger partial charge on any atom is -0.380 e. The van der Waals surface area contributed by atoms with Gasteiger partial charge in [0, 0.05) is 13.2 Å². The van der Waals surface area contributed by atoms with Crippen molar-refractivity contribution in [1.82, 2.24) is 10.6 Å². The molecule has 1 aliphatic carbocycles. The molecule has 0 saturated heterocycles. The maximum Gasteiger partial charge on any atom is 0.315 e. The predicted molar refractivity (Wildman–Crippen MR) is 69.0 cm³/mol. The van der Waals surface area contributed by atoms with Crippen molar-refractivity contribution in [3.8, 4) is 0 Å². The topological polar surface area (TPSA) is 50.4 Å². The van der Waals surface area contributed by atoms with Crippen LogP contribution < -0.4 is 10.6 Å². The summed E-state index contributed by atoms with van der Waals surface area (Å²) in [5.41, 5.74) is 0. The largest absolute Gasteiger partial charge is 0.380 e. The number of nitrogens with one attached hydrogen (secondary N) is 2. The van der Waals surface area contributed by atoms with Gasteiger partial charge in [-0.15, -0.1) is 0 Å². The smallest absolute Gasteiger partial charge is 0.315 e. The molecular formula is C13H26N2O2. The van der Waals surface area contributed by atoms with Gasteiger partial charge in [0.15, 0.2) is 0 Å². The van der Waals surface area contributed by atoms with Crippen LogP contribution in [0.2, 0.25) is 0 Å². The minimum atomic E-state index is -0.0686. The quantitative estimate of drug-likeness (QED) is 0.794. The minimum absolute atomic E-state index is 0.0301. The fourth-order valence-corrected chi connectivity index (χ4v) is 2.16. The number of methoxy groups -OCH3 is 1. The number of carbonyl (C=O) groups excluding carboxylic acids is 1. The number of hydrogen-bond acceptors (Lipinski definition) is 2. The lowest BCUT2D eigenvalue weighted by Crippen LogP contribution is -2.49. The lowest BCUT2D eigenvalue weighted by molar-refractivity contribution is 0.0908. The molecule has 1 rings (SSSR count). The van der Waals surface area contributed by atoms with Crippen LogP contribution in [0.5, 0.6) is 0 Å². The summed E-state index contributed by atoms with van der Waals surface area (Å²) in [5.74, 6) is 0.809. The number of carbonyl (C=O) groups is 1. The molecule has 1 fully saturated rings. The van der Waals surface area contributed by atoms with Gasteiger partial charge in [-0.1, -0.05) is 6.92 Å². The molecule has 0 spiro atoms. The number of rotatable bonds is 4. The Morgan fingerprint density at radius 1 is 1.24 bits per heavy atom. The van der Waals surface area contributed by atoms with Crippen molar-refractivity contribution in [2.75, 3.05) is 7.11 Å². The van der Waals surface area contributed by atoms with Crippen molar-refractivity contribution in [3.63, 3.8) is 0 Å². The van der Waals surface area contributed by atoms with Gasteiger partial charge in [0.1, 0.15) is 0 Å². The molecule has 1 unspecified atom stereocenters. The highest BCUT2D eigenvalue weighted by Gasteiger charge is 2.21. The number of ether oxygens (including phenoxy) is 1. The number of hydrogen-bond donors (Lipinski definition) is 2. The third-order valence-corrected chi connectivity index (χ3v) is 3.79. The van der Waals surface area contributed by atoms with Crippen LogP contribution in [0.25, 0.3) is 0 Å². The molecule has 4 heteroatoms. The zero-order valence-corrected chi connectivity index (χ0v) is 11.5. The van der Waals surface area contributed by atoms with E-state index >= 15 is 0 Å². The Balaban J connectivity index is 2.25. The molecule has 0 aliphatic heterocycles. The zero-order valence-electron chi connectivity index (χ0n) is 11.5. The molecule has 2 atom stereocenters. The van der Waals surface area contributed by atoms with Gasteiger partial charge in [0.25, 0.3) is 0 Å². The summed E-state index contributed by atoms with van der Waals surface area (Å²) in [6.07, 6.45) is 4.67. The Hall–Kier alpha value is -0.770. The third kappa shape index (κ3) is 4.94. The first-order chi connectivity index (χ1) is 8.02. The van der Waals surface area contributed by atoms with Gasteiger partial charge in [-0.05, 0) is 45.4 Å². The van der Waals surface area contributed by atoms with Crippen LogP contribution >= 0.6 is 0 Å². The second-order valence-electron chi connectivity index (χ2n) is 5.30. The van der Waals surface area contributed by atoms with Gasteiger partial charge in [0.05, 0.1) is 12.1 Å². The van der Waals surface area contributed by atoms with E-state index in [1.807, 2.05) is 13.8 Å². The lowest BCUT2D eigenvalue weighted by atomic mass is 9.87. The van der Waals surface area contributed by atoms with Gasteiger partial charge < -0.3 is 15.4 Å². The van der Waals surface area contributed by atoms with Crippen LogP contribution in [0.15, 0.2) is 0 Å². The highest BCUT2D eigenvalue weighted by Crippen LogP contribution is 2.23. The van der Waals surface area contributed by atoms with E-state index in [9.17, 15) is 4.79 Å². The Kier molecular flexibility index (Phi) is 5.75. The molecule has 2 N–H and O–H groups in total. The molecular weight excluding hydrogens is 216 g/mol. The van der Waals surface area contributed by atoms with E-state index < -0.39 is 0 Å². The van der Waals surface area contributed by atoms with Crippen molar-refractivity contribution in [3.05, 3.63) is 0 Å². The molecule has 0 aromatic carbocycles. The Morgan fingerprint density at radius 3 is 2.35 bits per heavy atom. The summed E-state index contributed by atoms with van der Waals surface area (Å²) in [6, 6.07) is 0.305. The normalized spacial score (nSPS) is 28.2. The maximum absolute atomic E-state index is 11.7. The Morgan fingerprint density at radius 2 is 1.82 bits per heavy atom. The summed E-state index contributed by atoms with van der Waals surface area (Å²) >= 11 is 0. The van der Waals surface area contributed by atoms with E-state index in [4.69, 9.17) is 4.74 Å². The van der Waals surface area contributed by atoms with Gasteiger partial charge in [-0.25, -0.2) is 4.79 Å². The SMILES string of the molecule is COC(C)[C@H](C)NC(=O)NC1CCC(C)CC1. The molecule has 0 heterocycles. The molecule has 0 bridgehead atoms. The molecule has 0 aromatic heterocycles. The van der Waals surface area contributed by atoms with Gasteiger partial charge in [-0.2, -0.15) is 0 Å². The summed E-state index contributed by atoms with van der Waals surface area (Å²) in [6.45, 7) is 6.18. The van der Waals surface area contributed by atoms with Crippen LogP contribution in [0.1, 0.15) is 46.5 Å². The average Bonchev–Trinajstić information content (AvgIpc) is 2.30. The highest BCUT2D eigenvalue weighted by atomic mass is 16.5. The van der Waals surface area contributed by atoms with E-state index in [0.29, 0.717) is 6.04 Å². The van der Waals surface area contributed by atoms with E-state index in [-0.39, 0.29) is 18.2 Å². The van der Waals surface area contributed by atoms with Crippen LogP contribution in [-0.4, -0.2) is 31.3 Å². The van der Waals surface area contributed by atoms with Crippen LogP contribution in [0.4, 0.5) is 4.79 Å². The standard InChI is InChI=1S/C13H26N2O2/c1-9-5-7-12(8-6-9)15-13(16)14-10(2)11(3)17-4/h9-12H,5-8H2,1-4H3,(H2,14,15,16)/t9?,10-,11?,12?/m0/s1. The summed E-state index contributed by atoms with van der Waals surface area (Å²) in [7, 11) is 1.66. The van der Waals surface area contributed by atoms with Crippen molar-refractivity contribution < 1.29 is 9.53 Å². The Bertz CT molecular complexity index is 238. The second kappa shape index (κ2) is 6.84. The fraction of sp³-hybridized carbons (Fsp3) is 0.923. The summed E-state index contributed by atoms with van der Waals surface area (Å²) in [4.78, 5) is 11.7. The first kappa shape index (κ1) is 14.3. The van der Waals surface area contributed by atoms with Gasteiger partial charge >= 0.3 is 6.03 Å². The molecule has 17 heavy (non-hydrogen) atoms. The molecule has 4 nitrogen and oxygen atoms in total. The molecule has 0 aromatic rings. The molecule has 2 amide bonds. The lowest BCUT2D eigenvalue weighted by Gasteiger charge is -2.28. The van der Waals surface area contributed by atoms with Crippen LogP contribution in [-0.2, 0) is 4.74 Å². The van der Waals surface area contributed by atoms with E-state index in [1.54, 1.807) is 7.11 Å². The summed E-state index contributed by atoms with van der Waals surface area (Å²) < 4.78 is 5.17. The van der Waals surface area contributed by atoms with E-state index in [2.05, 4.69) is 17.6 Å². The summed E-state index contributed by atoms with van der Waals surface area (Å²) in [5, 5.41) is 5.96. The first-order valence-corrected chi connectivity index (χ1v) is 6.62. The first-order valence-electron chi connectivity index (χ1n) is 6.62. The zero-order chi connectivity index (χ0) is 12.8. The Labute approximate surface area is 104 Å². The average molecular weight is 242 g/mol. The van der Waals surface area contributed by atoms with Crippen molar-refractivity contribution in [2.24, 2.45) is 5.92 Å². The van der Waals surface area contributed by atoms with Crippen molar-refractivity contribution in [1.29, 1.82) is 0 Å². The molecule has 1 aliphatic rings. The monoisotopic (exact) mass is 242 g/mol.